The number of carbonyl (C=O) groups is 1. The molecule has 0 aliphatic rings. The van der Waals surface area contributed by atoms with E-state index >= 15 is 0 Å². The molecule has 3 nitrogen and oxygen atoms in total. The van der Waals surface area contributed by atoms with E-state index in [1.54, 1.807) is 21.1 Å². The molecule has 1 aromatic carbocycles. The minimum absolute atomic E-state index is 0.121. The van der Waals surface area contributed by atoms with Crippen LogP contribution in [0.4, 0.5) is 0 Å². The van der Waals surface area contributed by atoms with Gasteiger partial charge in [0.2, 0.25) is 0 Å². The van der Waals surface area contributed by atoms with Crippen LogP contribution in [-0.2, 0) is 4.79 Å². The van der Waals surface area contributed by atoms with Crippen LogP contribution in [0.2, 0.25) is 0 Å². The van der Waals surface area contributed by atoms with Crippen molar-refractivity contribution in [3.63, 3.8) is 0 Å². The minimum atomic E-state index is -0.232. The lowest BCUT2D eigenvalue weighted by molar-refractivity contribution is -0.119. The summed E-state index contributed by atoms with van der Waals surface area (Å²) < 4.78 is 5.25. The van der Waals surface area contributed by atoms with Gasteiger partial charge in [-0.2, -0.15) is 0 Å². The zero-order valence-electron chi connectivity index (χ0n) is 10.5. The number of Topliss-reactive ketones (excluding diaryl/α,β-unsaturated/α-hetero) is 1. The van der Waals surface area contributed by atoms with Crippen LogP contribution in [0.3, 0.4) is 0 Å². The summed E-state index contributed by atoms with van der Waals surface area (Å²) in [6.07, 6.45) is 0. The average molecular weight is 221 g/mol. The number of ketones is 1. The smallest absolute Gasteiger partial charge is 0.151 e. The fraction of sp³-hybridized carbons (Fsp3) is 0.462. The third-order valence-corrected chi connectivity index (χ3v) is 3.01. The zero-order chi connectivity index (χ0) is 12.3. The van der Waals surface area contributed by atoms with Crippen molar-refractivity contribution in [3.8, 4) is 5.75 Å². The first-order chi connectivity index (χ1) is 7.52. The van der Waals surface area contributed by atoms with Gasteiger partial charge in [-0.05, 0) is 50.6 Å². The molecular formula is C13H19NO2. The molecule has 0 saturated carbocycles. The van der Waals surface area contributed by atoms with Gasteiger partial charge >= 0.3 is 0 Å². The van der Waals surface area contributed by atoms with Crippen molar-refractivity contribution in [1.29, 1.82) is 0 Å². The van der Waals surface area contributed by atoms with E-state index in [4.69, 9.17) is 4.74 Å². The molecule has 0 aliphatic heterocycles. The molecule has 0 bridgehead atoms. The maximum atomic E-state index is 11.5. The van der Waals surface area contributed by atoms with E-state index in [0.717, 1.165) is 22.4 Å². The first-order valence-electron chi connectivity index (χ1n) is 5.34. The highest BCUT2D eigenvalue weighted by Gasteiger charge is 2.18. The highest BCUT2D eigenvalue weighted by atomic mass is 16.5. The maximum absolute atomic E-state index is 11.5. The summed E-state index contributed by atoms with van der Waals surface area (Å²) in [4.78, 5) is 11.5. The van der Waals surface area contributed by atoms with Gasteiger partial charge in [0.05, 0.1) is 13.2 Å². The highest BCUT2D eigenvalue weighted by Crippen LogP contribution is 2.27. The number of likely N-dealkylation sites (N-methyl/N-ethyl adjacent to an activating group) is 1. The summed E-state index contributed by atoms with van der Waals surface area (Å²) in [6.45, 7) is 5.62. The van der Waals surface area contributed by atoms with E-state index in [1.165, 1.54) is 0 Å². The molecule has 1 N–H and O–H groups in total. The largest absolute Gasteiger partial charge is 0.496 e. The average Bonchev–Trinajstić information content (AvgIpc) is 2.25. The van der Waals surface area contributed by atoms with E-state index < -0.39 is 0 Å². The Morgan fingerprint density at radius 3 is 2.38 bits per heavy atom. The predicted octanol–water partition coefficient (Wildman–Crippen LogP) is 2.16. The Hall–Kier alpha value is -1.35. The molecule has 1 aromatic rings. The van der Waals surface area contributed by atoms with E-state index in [2.05, 4.69) is 5.32 Å². The third kappa shape index (κ3) is 2.25. The molecule has 16 heavy (non-hydrogen) atoms. The summed E-state index contributed by atoms with van der Waals surface area (Å²) in [5.74, 6) is 0.981. The number of ether oxygens (including phenoxy) is 1. The van der Waals surface area contributed by atoms with Crippen molar-refractivity contribution in [2.45, 2.75) is 26.8 Å². The lowest BCUT2D eigenvalue weighted by Gasteiger charge is -2.18. The number of methoxy groups -OCH3 is 1. The Morgan fingerprint density at radius 1 is 1.31 bits per heavy atom. The molecular weight excluding hydrogens is 202 g/mol. The summed E-state index contributed by atoms with van der Waals surface area (Å²) in [5, 5.41) is 3.03. The van der Waals surface area contributed by atoms with Gasteiger partial charge < -0.3 is 10.1 Å². The number of rotatable bonds is 4. The number of nitrogens with one attached hydrogen (secondary N) is 1. The lowest BCUT2D eigenvalue weighted by atomic mass is 9.95. The van der Waals surface area contributed by atoms with Crippen LogP contribution in [0, 0.1) is 13.8 Å². The summed E-state index contributed by atoms with van der Waals surface area (Å²) in [5.41, 5.74) is 3.21. The fourth-order valence-electron chi connectivity index (χ4n) is 1.93. The number of hydrogen-bond donors (Lipinski definition) is 1. The minimum Gasteiger partial charge on any atom is -0.496 e. The van der Waals surface area contributed by atoms with Crippen molar-refractivity contribution in [1.82, 2.24) is 5.32 Å². The molecule has 0 amide bonds. The van der Waals surface area contributed by atoms with E-state index in [1.807, 2.05) is 26.0 Å². The molecule has 0 aromatic heterocycles. The van der Waals surface area contributed by atoms with E-state index in [9.17, 15) is 4.79 Å². The van der Waals surface area contributed by atoms with Crippen molar-refractivity contribution < 1.29 is 9.53 Å². The number of hydrogen-bond acceptors (Lipinski definition) is 3. The van der Waals surface area contributed by atoms with Gasteiger partial charge in [0.25, 0.3) is 0 Å². The molecule has 0 fully saturated rings. The molecule has 3 heteroatoms. The second-order valence-corrected chi connectivity index (χ2v) is 3.94. The molecule has 0 aliphatic carbocycles. The van der Waals surface area contributed by atoms with Crippen LogP contribution in [0.5, 0.6) is 5.75 Å². The summed E-state index contributed by atoms with van der Waals surface area (Å²) in [6, 6.07) is 3.62. The summed E-state index contributed by atoms with van der Waals surface area (Å²) >= 11 is 0. The molecule has 0 heterocycles. The Bertz CT molecular complexity index is 399. The van der Waals surface area contributed by atoms with Crippen LogP contribution >= 0.6 is 0 Å². The quantitative estimate of drug-likeness (QED) is 0.846. The van der Waals surface area contributed by atoms with Crippen LogP contribution < -0.4 is 10.1 Å². The molecule has 0 radical (unpaired) electrons. The van der Waals surface area contributed by atoms with Gasteiger partial charge in [0.15, 0.2) is 5.78 Å². The van der Waals surface area contributed by atoms with Gasteiger partial charge in [-0.1, -0.05) is 6.07 Å². The van der Waals surface area contributed by atoms with E-state index in [0.29, 0.717) is 0 Å². The first kappa shape index (κ1) is 12.7. The molecule has 0 spiro atoms. The maximum Gasteiger partial charge on any atom is 0.151 e. The van der Waals surface area contributed by atoms with Gasteiger partial charge in [-0.25, -0.2) is 0 Å². The van der Waals surface area contributed by atoms with Crippen LogP contribution in [0.1, 0.15) is 29.7 Å². The van der Waals surface area contributed by atoms with Gasteiger partial charge in [0.1, 0.15) is 5.75 Å². The van der Waals surface area contributed by atoms with Crippen LogP contribution in [-0.4, -0.2) is 19.9 Å². The second-order valence-electron chi connectivity index (χ2n) is 3.94. The van der Waals surface area contributed by atoms with Crippen molar-refractivity contribution in [2.75, 3.05) is 14.2 Å². The van der Waals surface area contributed by atoms with Crippen molar-refractivity contribution in [3.05, 3.63) is 28.8 Å². The Kier molecular flexibility index (Phi) is 4.07. The fourth-order valence-corrected chi connectivity index (χ4v) is 1.93. The van der Waals surface area contributed by atoms with Crippen molar-refractivity contribution >= 4 is 5.78 Å². The molecule has 0 saturated heterocycles. The highest BCUT2D eigenvalue weighted by molar-refractivity contribution is 5.83. The first-order valence-corrected chi connectivity index (χ1v) is 5.34. The standard InChI is InChI=1S/C13H19NO2/c1-8-9(2)12(16-5)7-6-11(8)13(14-4)10(3)15/h6-7,13-14H,1-5H3. The third-order valence-electron chi connectivity index (χ3n) is 3.01. The monoisotopic (exact) mass is 221 g/mol. The van der Waals surface area contributed by atoms with Gasteiger partial charge in [0, 0.05) is 0 Å². The Balaban J connectivity index is 3.25. The lowest BCUT2D eigenvalue weighted by Crippen LogP contribution is -2.24. The molecule has 1 rings (SSSR count). The van der Waals surface area contributed by atoms with Gasteiger partial charge in [-0.3, -0.25) is 4.79 Å². The molecule has 1 unspecified atom stereocenters. The number of carbonyl (C=O) groups excluding carboxylic acids is 1. The van der Waals surface area contributed by atoms with Gasteiger partial charge in [-0.15, -0.1) is 0 Å². The predicted molar refractivity (Wildman–Crippen MR) is 64.9 cm³/mol. The zero-order valence-corrected chi connectivity index (χ0v) is 10.5. The normalized spacial score (nSPS) is 12.3. The molecule has 88 valence electrons. The number of benzene rings is 1. The molecule has 1 atom stereocenters. The van der Waals surface area contributed by atoms with Crippen molar-refractivity contribution in [2.24, 2.45) is 0 Å². The second kappa shape index (κ2) is 5.12. The van der Waals surface area contributed by atoms with E-state index in [-0.39, 0.29) is 11.8 Å². The van der Waals surface area contributed by atoms with Crippen LogP contribution in [0.25, 0.3) is 0 Å². The topological polar surface area (TPSA) is 38.3 Å². The Labute approximate surface area is 96.8 Å². The summed E-state index contributed by atoms with van der Waals surface area (Å²) in [7, 11) is 3.45. The SMILES string of the molecule is CNC(C(C)=O)c1ccc(OC)c(C)c1C. The Morgan fingerprint density at radius 2 is 1.94 bits per heavy atom. The van der Waals surface area contributed by atoms with Crippen LogP contribution in [0.15, 0.2) is 12.1 Å².